The number of carbonyl (C=O) groups excluding carboxylic acids is 1. The van der Waals surface area contributed by atoms with Gasteiger partial charge in [0.05, 0.1) is 11.3 Å². The molecular weight excluding hydrogens is 290 g/mol. The fraction of sp³-hybridized carbons (Fsp3) is 0.353. The van der Waals surface area contributed by atoms with Crippen LogP contribution in [0.25, 0.3) is 0 Å². The van der Waals surface area contributed by atoms with Crippen molar-refractivity contribution >= 4 is 11.6 Å². The summed E-state index contributed by atoms with van der Waals surface area (Å²) in [4.78, 5) is 24.9. The number of hydrogen-bond acceptors (Lipinski definition) is 5. The molecular formula is C17H21N5O. The lowest BCUT2D eigenvalue weighted by Gasteiger charge is -2.32. The number of carbonyl (C=O) groups is 1. The molecule has 0 bridgehead atoms. The number of rotatable bonds is 4. The summed E-state index contributed by atoms with van der Waals surface area (Å²) in [5, 5.41) is 3.30. The van der Waals surface area contributed by atoms with Crippen LogP contribution in [0.5, 0.6) is 0 Å². The quantitative estimate of drug-likeness (QED) is 0.926. The topological polar surface area (TPSA) is 61.4 Å². The average molecular weight is 311 g/mol. The van der Waals surface area contributed by atoms with Crippen LogP contribution < -0.4 is 5.32 Å². The number of pyridine rings is 2. The van der Waals surface area contributed by atoms with Crippen LogP contribution >= 0.6 is 0 Å². The van der Waals surface area contributed by atoms with E-state index in [0.717, 1.165) is 37.4 Å². The van der Waals surface area contributed by atoms with Gasteiger partial charge in [-0.3, -0.25) is 14.8 Å². The van der Waals surface area contributed by atoms with E-state index < -0.39 is 0 Å². The molecule has 0 spiro atoms. The Morgan fingerprint density at radius 1 is 1.13 bits per heavy atom. The Kier molecular flexibility index (Phi) is 4.83. The lowest BCUT2D eigenvalue weighted by atomic mass is 10.2. The number of piperazine rings is 1. The van der Waals surface area contributed by atoms with Gasteiger partial charge in [0.25, 0.3) is 5.91 Å². The highest BCUT2D eigenvalue weighted by molar-refractivity contribution is 5.94. The fourth-order valence-electron chi connectivity index (χ4n) is 2.55. The average Bonchev–Trinajstić information content (AvgIpc) is 2.61. The molecule has 0 aromatic carbocycles. The van der Waals surface area contributed by atoms with Gasteiger partial charge in [0.1, 0.15) is 0 Å². The monoisotopic (exact) mass is 311 g/mol. The van der Waals surface area contributed by atoms with Gasteiger partial charge in [0, 0.05) is 57.5 Å². The molecule has 0 saturated carbocycles. The molecule has 1 amide bonds. The maximum atomic E-state index is 12.6. The van der Waals surface area contributed by atoms with Crippen LogP contribution in [0.15, 0.2) is 43.0 Å². The Labute approximate surface area is 136 Å². The zero-order chi connectivity index (χ0) is 16.1. The van der Waals surface area contributed by atoms with Crippen LogP contribution in [0.2, 0.25) is 0 Å². The zero-order valence-electron chi connectivity index (χ0n) is 13.3. The van der Waals surface area contributed by atoms with Gasteiger partial charge in [0.15, 0.2) is 0 Å². The largest absolute Gasteiger partial charge is 0.380 e. The third-order valence-corrected chi connectivity index (χ3v) is 4.02. The van der Waals surface area contributed by atoms with Gasteiger partial charge in [-0.15, -0.1) is 0 Å². The molecule has 0 aliphatic carbocycles. The minimum absolute atomic E-state index is 0.0539. The van der Waals surface area contributed by atoms with E-state index in [1.54, 1.807) is 24.8 Å². The molecule has 23 heavy (non-hydrogen) atoms. The molecule has 0 atom stereocenters. The van der Waals surface area contributed by atoms with E-state index in [1.807, 2.05) is 23.1 Å². The number of aromatic nitrogens is 2. The van der Waals surface area contributed by atoms with Crippen LogP contribution in [0.4, 0.5) is 5.69 Å². The third-order valence-electron chi connectivity index (χ3n) is 4.02. The smallest absolute Gasteiger partial charge is 0.255 e. The molecule has 0 unspecified atom stereocenters. The molecule has 1 aliphatic rings. The molecule has 1 aliphatic heterocycles. The molecule has 0 radical (unpaired) electrons. The van der Waals surface area contributed by atoms with E-state index in [4.69, 9.17) is 0 Å². The lowest BCUT2D eigenvalue weighted by molar-refractivity contribution is 0.0663. The summed E-state index contributed by atoms with van der Waals surface area (Å²) in [6, 6.07) is 5.79. The fourth-order valence-corrected chi connectivity index (χ4v) is 2.55. The second-order valence-corrected chi connectivity index (χ2v) is 5.77. The molecule has 3 rings (SSSR count). The van der Waals surface area contributed by atoms with Crippen molar-refractivity contribution < 1.29 is 4.79 Å². The number of nitrogens with one attached hydrogen (secondary N) is 1. The van der Waals surface area contributed by atoms with Crippen LogP contribution in [-0.4, -0.2) is 58.9 Å². The molecule has 3 heterocycles. The van der Waals surface area contributed by atoms with Crippen molar-refractivity contribution in [3.05, 3.63) is 54.1 Å². The third kappa shape index (κ3) is 4.04. The first kappa shape index (κ1) is 15.4. The van der Waals surface area contributed by atoms with E-state index in [-0.39, 0.29) is 5.91 Å². The van der Waals surface area contributed by atoms with Gasteiger partial charge in [-0.05, 0) is 30.8 Å². The minimum Gasteiger partial charge on any atom is -0.380 e. The SMILES string of the molecule is CN1CCN(C(=O)c2cncc(NCc3ccncc3)c2)CC1. The van der Waals surface area contributed by atoms with Crippen molar-refractivity contribution in [3.63, 3.8) is 0 Å². The molecule has 2 aromatic heterocycles. The van der Waals surface area contributed by atoms with E-state index in [1.165, 1.54) is 0 Å². The molecule has 1 saturated heterocycles. The van der Waals surface area contributed by atoms with Crippen LogP contribution in [0.3, 0.4) is 0 Å². The van der Waals surface area contributed by atoms with Crippen molar-refractivity contribution in [3.8, 4) is 0 Å². The minimum atomic E-state index is 0.0539. The second kappa shape index (κ2) is 7.19. The Balaban J connectivity index is 1.64. The van der Waals surface area contributed by atoms with Gasteiger partial charge in [-0.1, -0.05) is 0 Å². The maximum Gasteiger partial charge on any atom is 0.255 e. The van der Waals surface area contributed by atoms with Gasteiger partial charge >= 0.3 is 0 Å². The summed E-state index contributed by atoms with van der Waals surface area (Å²) >= 11 is 0. The number of amides is 1. The summed E-state index contributed by atoms with van der Waals surface area (Å²) in [5.74, 6) is 0.0539. The number of nitrogens with zero attached hydrogens (tertiary/aromatic N) is 4. The highest BCUT2D eigenvalue weighted by atomic mass is 16.2. The Morgan fingerprint density at radius 2 is 1.87 bits per heavy atom. The second-order valence-electron chi connectivity index (χ2n) is 5.77. The molecule has 1 fully saturated rings. The molecule has 120 valence electrons. The zero-order valence-corrected chi connectivity index (χ0v) is 13.3. The number of likely N-dealkylation sites (N-methyl/N-ethyl adjacent to an activating group) is 1. The van der Waals surface area contributed by atoms with Crippen LogP contribution in [-0.2, 0) is 6.54 Å². The molecule has 6 heteroatoms. The van der Waals surface area contributed by atoms with Crippen molar-refractivity contribution in [2.24, 2.45) is 0 Å². The maximum absolute atomic E-state index is 12.6. The summed E-state index contributed by atoms with van der Waals surface area (Å²) in [7, 11) is 2.08. The van der Waals surface area contributed by atoms with Gasteiger partial charge in [0.2, 0.25) is 0 Å². The summed E-state index contributed by atoms with van der Waals surface area (Å²) in [5.41, 5.74) is 2.62. The van der Waals surface area contributed by atoms with E-state index >= 15 is 0 Å². The standard InChI is InChI=1S/C17H21N5O/c1-21-6-8-22(9-7-21)17(23)15-10-16(13-19-12-15)20-11-14-2-4-18-5-3-14/h2-5,10,12-13,20H,6-9,11H2,1H3. The highest BCUT2D eigenvalue weighted by Gasteiger charge is 2.20. The normalized spacial score (nSPS) is 15.4. The van der Waals surface area contributed by atoms with Crippen molar-refractivity contribution in [2.75, 3.05) is 38.5 Å². The summed E-state index contributed by atoms with van der Waals surface area (Å²) in [6.45, 7) is 4.04. The van der Waals surface area contributed by atoms with Crippen molar-refractivity contribution in [1.29, 1.82) is 0 Å². The van der Waals surface area contributed by atoms with Gasteiger partial charge in [-0.2, -0.15) is 0 Å². The highest BCUT2D eigenvalue weighted by Crippen LogP contribution is 2.13. The van der Waals surface area contributed by atoms with Gasteiger partial charge in [-0.25, -0.2) is 0 Å². The summed E-state index contributed by atoms with van der Waals surface area (Å²) in [6.07, 6.45) is 6.91. The molecule has 2 aromatic rings. The Hall–Kier alpha value is -2.47. The van der Waals surface area contributed by atoms with E-state index in [2.05, 4.69) is 27.2 Å². The number of anilines is 1. The van der Waals surface area contributed by atoms with Crippen molar-refractivity contribution in [2.45, 2.75) is 6.54 Å². The van der Waals surface area contributed by atoms with E-state index in [0.29, 0.717) is 12.1 Å². The lowest BCUT2D eigenvalue weighted by Crippen LogP contribution is -2.47. The first-order valence-electron chi connectivity index (χ1n) is 7.78. The van der Waals surface area contributed by atoms with Crippen LogP contribution in [0.1, 0.15) is 15.9 Å². The Bertz CT molecular complexity index is 653. The predicted molar refractivity (Wildman–Crippen MR) is 89.2 cm³/mol. The Morgan fingerprint density at radius 3 is 2.61 bits per heavy atom. The predicted octanol–water partition coefficient (Wildman–Crippen LogP) is 1.48. The molecule has 6 nitrogen and oxygen atoms in total. The van der Waals surface area contributed by atoms with Gasteiger partial charge < -0.3 is 15.1 Å². The van der Waals surface area contributed by atoms with Crippen LogP contribution in [0, 0.1) is 0 Å². The number of hydrogen-bond donors (Lipinski definition) is 1. The molecule has 1 N–H and O–H groups in total. The first-order chi connectivity index (χ1) is 11.2. The summed E-state index contributed by atoms with van der Waals surface area (Å²) < 4.78 is 0. The van der Waals surface area contributed by atoms with E-state index in [9.17, 15) is 4.79 Å². The van der Waals surface area contributed by atoms with Crippen molar-refractivity contribution in [1.82, 2.24) is 19.8 Å². The first-order valence-corrected chi connectivity index (χ1v) is 7.78.